The van der Waals surface area contributed by atoms with Gasteiger partial charge in [-0.2, -0.15) is 0 Å². The van der Waals surface area contributed by atoms with Crippen LogP contribution in [-0.4, -0.2) is 37.2 Å². The number of hydrogen-bond acceptors (Lipinski definition) is 6. The Kier molecular flexibility index (Phi) is 59.8. The highest BCUT2D eigenvalue weighted by Crippen LogP contribution is 2.17. The summed E-state index contributed by atoms with van der Waals surface area (Å²) >= 11 is 0. The second kappa shape index (κ2) is 62.9. The maximum Gasteiger partial charge on any atom is 0.306 e. The topological polar surface area (TPSA) is 78.9 Å². The van der Waals surface area contributed by atoms with Gasteiger partial charge in [-0.15, -0.1) is 0 Å². The Morgan fingerprint density at radius 1 is 0.280 bits per heavy atom. The molecule has 1 atom stereocenters. The number of rotatable bonds is 57. The van der Waals surface area contributed by atoms with Gasteiger partial charge in [0.2, 0.25) is 0 Å². The molecule has 0 radical (unpaired) electrons. The number of carbonyl (C=O) groups excluding carboxylic acids is 3. The summed E-state index contributed by atoms with van der Waals surface area (Å²) in [7, 11) is 0. The van der Waals surface area contributed by atoms with Crippen molar-refractivity contribution in [3.8, 4) is 0 Å². The van der Waals surface area contributed by atoms with E-state index in [-0.39, 0.29) is 31.6 Å². The lowest BCUT2D eigenvalue weighted by Gasteiger charge is -2.18. The number of esters is 3. The average molecular weight is 1040 g/mol. The van der Waals surface area contributed by atoms with E-state index in [1.807, 2.05) is 6.08 Å². The molecule has 0 spiro atoms. The first-order valence-electron chi connectivity index (χ1n) is 31.7. The van der Waals surface area contributed by atoms with Crippen molar-refractivity contribution in [2.75, 3.05) is 13.2 Å². The van der Waals surface area contributed by atoms with Crippen LogP contribution >= 0.6 is 0 Å². The molecule has 6 nitrogen and oxygen atoms in total. The maximum atomic E-state index is 12.9. The lowest BCUT2D eigenvalue weighted by molar-refractivity contribution is -0.166. The molecule has 0 amide bonds. The summed E-state index contributed by atoms with van der Waals surface area (Å²) in [6, 6.07) is 0. The Morgan fingerprint density at radius 3 is 0.920 bits per heavy atom. The first kappa shape index (κ1) is 71.3. The van der Waals surface area contributed by atoms with Crippen LogP contribution in [0.15, 0.2) is 97.2 Å². The fourth-order valence-corrected chi connectivity index (χ4v) is 8.86. The SMILES string of the molecule is CC/C=C\C/C=C\C/C=C\C/C=C\C/C=C\C/C=C\CCC(=O)OC(COC(=O)CCCCCCC/C=C\C/C=C\CCC)COC(=O)CCCCCCCCCCCCCCCCCCCCCCCCCCC. The molecule has 75 heavy (non-hydrogen) atoms. The summed E-state index contributed by atoms with van der Waals surface area (Å²) in [5.74, 6) is -1.00. The summed E-state index contributed by atoms with van der Waals surface area (Å²) in [5, 5.41) is 0. The fourth-order valence-electron chi connectivity index (χ4n) is 8.86. The fraction of sp³-hybridized carbons (Fsp3) is 0.725. The molecule has 0 saturated heterocycles. The van der Waals surface area contributed by atoms with Crippen molar-refractivity contribution in [2.45, 2.75) is 309 Å². The van der Waals surface area contributed by atoms with Gasteiger partial charge in [-0.05, 0) is 83.5 Å². The van der Waals surface area contributed by atoms with E-state index in [1.165, 1.54) is 148 Å². The molecule has 0 fully saturated rings. The molecule has 0 aliphatic heterocycles. The third-order valence-electron chi connectivity index (χ3n) is 13.6. The van der Waals surface area contributed by atoms with Gasteiger partial charge >= 0.3 is 17.9 Å². The standard InChI is InChI=1S/C69H118O6/c1-4-7-10-13-16-19-22-25-27-29-31-32-33-34-35-36-38-39-41-44-47-50-53-56-59-62-68(71)74-65-66(64-73-67(70)61-58-55-52-49-46-43-24-21-18-15-12-9-6-3)75-69(72)63-60-57-54-51-48-45-42-40-37-30-28-26-23-20-17-14-11-8-5-2/h8,11-12,15,17,20-21,24,26,28,37,40,45,48,54,57,66H,4-7,9-10,13-14,16,18-19,22-23,25,27,29-36,38-39,41-44,46-47,49-53,55-56,58-65H2,1-3H3/b11-8-,15-12-,20-17-,24-21-,28-26-,40-37-,48-45-,57-54-. The van der Waals surface area contributed by atoms with Crippen LogP contribution in [-0.2, 0) is 28.6 Å². The molecule has 0 heterocycles. The molecule has 430 valence electrons. The molecule has 1 unspecified atom stereocenters. The Balaban J connectivity index is 4.37. The first-order valence-corrected chi connectivity index (χ1v) is 31.7. The molecule has 0 bridgehead atoms. The van der Waals surface area contributed by atoms with Gasteiger partial charge in [-0.25, -0.2) is 0 Å². The monoisotopic (exact) mass is 1040 g/mol. The van der Waals surface area contributed by atoms with Gasteiger partial charge in [-0.3, -0.25) is 14.4 Å². The number of ether oxygens (including phenoxy) is 3. The molecule has 0 aromatic carbocycles. The van der Waals surface area contributed by atoms with E-state index in [2.05, 4.69) is 112 Å². The maximum absolute atomic E-state index is 12.9. The van der Waals surface area contributed by atoms with Gasteiger partial charge in [0.25, 0.3) is 0 Å². The van der Waals surface area contributed by atoms with Crippen molar-refractivity contribution < 1.29 is 28.6 Å². The van der Waals surface area contributed by atoms with Gasteiger partial charge in [0, 0.05) is 19.3 Å². The summed E-state index contributed by atoms with van der Waals surface area (Å²) in [6.07, 6.45) is 84.4. The summed E-state index contributed by atoms with van der Waals surface area (Å²) in [5.41, 5.74) is 0. The molecular formula is C69H118O6. The van der Waals surface area contributed by atoms with Crippen LogP contribution < -0.4 is 0 Å². The van der Waals surface area contributed by atoms with Crippen molar-refractivity contribution in [2.24, 2.45) is 0 Å². The van der Waals surface area contributed by atoms with E-state index in [0.717, 1.165) is 109 Å². The highest BCUT2D eigenvalue weighted by atomic mass is 16.6. The van der Waals surface area contributed by atoms with E-state index in [9.17, 15) is 14.4 Å². The normalized spacial score (nSPS) is 12.7. The van der Waals surface area contributed by atoms with Crippen LogP contribution in [0.2, 0.25) is 0 Å². The van der Waals surface area contributed by atoms with E-state index >= 15 is 0 Å². The molecule has 0 aromatic rings. The Labute approximate surface area is 464 Å². The zero-order valence-corrected chi connectivity index (χ0v) is 49.3. The minimum Gasteiger partial charge on any atom is -0.462 e. The van der Waals surface area contributed by atoms with Crippen molar-refractivity contribution in [1.82, 2.24) is 0 Å². The number of unbranched alkanes of at least 4 members (excludes halogenated alkanes) is 30. The van der Waals surface area contributed by atoms with Gasteiger partial charge in [0.1, 0.15) is 13.2 Å². The van der Waals surface area contributed by atoms with Crippen LogP contribution in [0.3, 0.4) is 0 Å². The Morgan fingerprint density at radius 2 is 0.573 bits per heavy atom. The highest BCUT2D eigenvalue weighted by molar-refractivity contribution is 5.71. The summed E-state index contributed by atoms with van der Waals surface area (Å²) in [4.78, 5) is 38.2. The second-order valence-corrected chi connectivity index (χ2v) is 20.9. The van der Waals surface area contributed by atoms with Crippen molar-refractivity contribution in [3.05, 3.63) is 97.2 Å². The van der Waals surface area contributed by atoms with Crippen LogP contribution in [0.25, 0.3) is 0 Å². The number of allylic oxidation sites excluding steroid dienone is 16. The third kappa shape index (κ3) is 61.1. The quantitative estimate of drug-likeness (QED) is 0.0261. The molecule has 0 aliphatic carbocycles. The Bertz CT molecular complexity index is 1480. The van der Waals surface area contributed by atoms with Crippen LogP contribution in [0.5, 0.6) is 0 Å². The second-order valence-electron chi connectivity index (χ2n) is 20.9. The minimum absolute atomic E-state index is 0.110. The lowest BCUT2D eigenvalue weighted by Crippen LogP contribution is -2.30. The third-order valence-corrected chi connectivity index (χ3v) is 13.6. The average Bonchev–Trinajstić information content (AvgIpc) is 3.41. The zero-order chi connectivity index (χ0) is 54.3. The number of carbonyl (C=O) groups is 3. The van der Waals surface area contributed by atoms with Gasteiger partial charge in [0.15, 0.2) is 6.10 Å². The smallest absolute Gasteiger partial charge is 0.306 e. The molecule has 6 heteroatoms. The predicted octanol–water partition coefficient (Wildman–Crippen LogP) is 21.7. The van der Waals surface area contributed by atoms with Gasteiger partial charge in [-0.1, -0.05) is 298 Å². The molecule has 0 N–H and O–H groups in total. The van der Waals surface area contributed by atoms with E-state index in [1.54, 1.807) is 0 Å². The minimum atomic E-state index is -0.824. The van der Waals surface area contributed by atoms with Crippen LogP contribution in [0.1, 0.15) is 303 Å². The van der Waals surface area contributed by atoms with Gasteiger partial charge < -0.3 is 14.2 Å². The largest absolute Gasteiger partial charge is 0.462 e. The molecule has 0 aromatic heterocycles. The van der Waals surface area contributed by atoms with E-state index in [4.69, 9.17) is 14.2 Å². The number of hydrogen-bond donors (Lipinski definition) is 0. The summed E-state index contributed by atoms with van der Waals surface area (Å²) < 4.78 is 16.8. The molecule has 0 saturated carbocycles. The van der Waals surface area contributed by atoms with Crippen LogP contribution in [0.4, 0.5) is 0 Å². The molecule has 0 aliphatic rings. The van der Waals surface area contributed by atoms with Crippen molar-refractivity contribution >= 4 is 17.9 Å². The lowest BCUT2D eigenvalue weighted by atomic mass is 10.0. The Hall–Kier alpha value is -3.67. The molecule has 0 rings (SSSR count). The van der Waals surface area contributed by atoms with Crippen molar-refractivity contribution in [3.63, 3.8) is 0 Å². The van der Waals surface area contributed by atoms with Crippen molar-refractivity contribution in [1.29, 1.82) is 0 Å². The van der Waals surface area contributed by atoms with E-state index in [0.29, 0.717) is 19.3 Å². The highest BCUT2D eigenvalue weighted by Gasteiger charge is 2.19. The first-order chi connectivity index (χ1) is 37.0. The summed E-state index contributed by atoms with van der Waals surface area (Å²) in [6.45, 7) is 6.42. The molecular weight excluding hydrogens is 925 g/mol. The van der Waals surface area contributed by atoms with E-state index < -0.39 is 12.1 Å². The van der Waals surface area contributed by atoms with Crippen LogP contribution in [0, 0.1) is 0 Å². The zero-order valence-electron chi connectivity index (χ0n) is 49.3. The van der Waals surface area contributed by atoms with Gasteiger partial charge in [0.05, 0.1) is 0 Å². The predicted molar refractivity (Wildman–Crippen MR) is 325 cm³/mol.